The molecule has 2 unspecified atom stereocenters. The van der Waals surface area contributed by atoms with E-state index in [2.05, 4.69) is 5.32 Å². The Hall–Kier alpha value is -2.62. The molecule has 3 rings (SSSR count). The number of β-amino-alcohol motifs (C(OH)–C–C–N with tert-alkyl or cyclic N) is 1. The lowest BCUT2D eigenvalue weighted by molar-refractivity contribution is -0.252. The number of aliphatic hydroxyl groups is 1. The second-order valence-electron chi connectivity index (χ2n) is 7.84. The van der Waals surface area contributed by atoms with Crippen LogP contribution in [-0.2, 0) is 27.9 Å². The van der Waals surface area contributed by atoms with Gasteiger partial charge in [0.1, 0.15) is 5.75 Å². The maximum absolute atomic E-state index is 13.1. The third-order valence-corrected chi connectivity index (χ3v) is 5.50. The Bertz CT molecular complexity index is 920. The molecule has 2 aromatic rings. The fourth-order valence-corrected chi connectivity index (χ4v) is 3.63. The van der Waals surface area contributed by atoms with Crippen LogP contribution in [0, 0.1) is 0 Å². The number of amides is 1. The molecule has 1 aliphatic rings. The molecule has 0 aliphatic carbocycles. The van der Waals surface area contributed by atoms with Crippen LogP contribution in [0.25, 0.3) is 0 Å². The summed E-state index contributed by atoms with van der Waals surface area (Å²) in [6, 6.07) is 12.0. The summed E-state index contributed by atoms with van der Waals surface area (Å²) in [4.78, 5) is 13.3. The second kappa shape index (κ2) is 9.89. The van der Waals surface area contributed by atoms with Crippen LogP contribution < -0.4 is 10.1 Å². The highest BCUT2D eigenvalue weighted by Gasteiger charge is 2.39. The largest absolute Gasteiger partial charge is 0.484 e. The maximum Gasteiger partial charge on any atom is 0.416 e. The predicted octanol–water partition coefficient (Wildman–Crippen LogP) is 2.94. The summed E-state index contributed by atoms with van der Waals surface area (Å²) in [5.41, 5.74) is 0.289. The van der Waals surface area contributed by atoms with Gasteiger partial charge in [0, 0.05) is 25.2 Å². The van der Waals surface area contributed by atoms with Crippen molar-refractivity contribution in [2.75, 3.05) is 33.4 Å². The number of carbonyl (C=O) groups is 1. The molecule has 0 bridgehead atoms. The van der Waals surface area contributed by atoms with Gasteiger partial charge in [-0.15, -0.1) is 0 Å². The van der Waals surface area contributed by atoms with E-state index in [1.807, 2.05) is 24.0 Å². The first kappa shape index (κ1) is 24.0. The molecule has 174 valence electrons. The summed E-state index contributed by atoms with van der Waals surface area (Å²) in [7, 11) is 1.54. The molecule has 2 atom stereocenters. The van der Waals surface area contributed by atoms with Gasteiger partial charge in [-0.2, -0.15) is 13.2 Å². The Morgan fingerprint density at radius 1 is 1.28 bits per heavy atom. The van der Waals surface area contributed by atoms with Gasteiger partial charge < -0.3 is 19.9 Å². The molecular weight excluding hydrogens is 425 g/mol. The number of hydrogen-bond donors (Lipinski definition) is 2. The van der Waals surface area contributed by atoms with E-state index in [0.717, 1.165) is 17.7 Å². The maximum atomic E-state index is 13.1. The first-order valence-corrected chi connectivity index (χ1v) is 10.3. The van der Waals surface area contributed by atoms with E-state index >= 15 is 0 Å². The van der Waals surface area contributed by atoms with E-state index in [0.29, 0.717) is 18.7 Å². The van der Waals surface area contributed by atoms with Gasteiger partial charge in [-0.1, -0.05) is 24.3 Å². The van der Waals surface area contributed by atoms with Crippen molar-refractivity contribution in [1.29, 1.82) is 0 Å². The van der Waals surface area contributed by atoms with Gasteiger partial charge in [0.2, 0.25) is 5.79 Å². The van der Waals surface area contributed by atoms with Crippen LogP contribution in [-0.4, -0.2) is 55.3 Å². The van der Waals surface area contributed by atoms with Crippen LogP contribution >= 0.6 is 0 Å². The number of halogens is 3. The van der Waals surface area contributed by atoms with Gasteiger partial charge in [-0.3, -0.25) is 9.69 Å². The normalized spacial score (nSPS) is 20.6. The van der Waals surface area contributed by atoms with Gasteiger partial charge in [-0.05, 0) is 43.2 Å². The lowest BCUT2D eigenvalue weighted by atomic mass is 9.99. The van der Waals surface area contributed by atoms with E-state index in [1.54, 1.807) is 12.1 Å². The highest BCUT2D eigenvalue weighted by Crippen LogP contribution is 2.34. The summed E-state index contributed by atoms with van der Waals surface area (Å²) in [5.74, 6) is -1.45. The standard InChI is InChI=1S/C23H27F3N2O4/c1-16(12-17-6-8-20(9-7-17)31-14-21(29)27-2)28-10-11-32-22(30,15-28)18-4-3-5-19(13-18)23(24,25)26/h3-9,13,16,30H,10-12,14-15H2,1-2H3,(H,27,29). The van der Waals surface area contributed by atoms with Crippen molar-refractivity contribution in [3.8, 4) is 5.75 Å². The number of nitrogens with zero attached hydrogens (tertiary/aromatic N) is 1. The topological polar surface area (TPSA) is 71.0 Å². The van der Waals surface area contributed by atoms with E-state index < -0.39 is 17.5 Å². The second-order valence-corrected chi connectivity index (χ2v) is 7.84. The average molecular weight is 452 g/mol. The molecule has 9 heteroatoms. The van der Waals surface area contributed by atoms with Crippen LogP contribution in [0.5, 0.6) is 5.75 Å². The van der Waals surface area contributed by atoms with Crippen LogP contribution in [0.3, 0.4) is 0 Å². The van der Waals surface area contributed by atoms with Crippen molar-refractivity contribution in [3.63, 3.8) is 0 Å². The molecule has 2 aromatic carbocycles. The summed E-state index contributed by atoms with van der Waals surface area (Å²) in [6.45, 7) is 2.74. The van der Waals surface area contributed by atoms with Crippen molar-refractivity contribution in [2.24, 2.45) is 0 Å². The van der Waals surface area contributed by atoms with Gasteiger partial charge >= 0.3 is 6.18 Å². The Morgan fingerprint density at radius 3 is 2.66 bits per heavy atom. The minimum atomic E-state index is -4.50. The average Bonchev–Trinajstić information content (AvgIpc) is 2.78. The third kappa shape index (κ3) is 5.99. The van der Waals surface area contributed by atoms with E-state index in [4.69, 9.17) is 9.47 Å². The monoisotopic (exact) mass is 452 g/mol. The molecule has 1 heterocycles. The van der Waals surface area contributed by atoms with Crippen LogP contribution in [0.1, 0.15) is 23.6 Å². The Kier molecular flexibility index (Phi) is 7.43. The van der Waals surface area contributed by atoms with Crippen LogP contribution in [0.4, 0.5) is 13.2 Å². The zero-order valence-electron chi connectivity index (χ0n) is 18.0. The fraction of sp³-hybridized carbons (Fsp3) is 0.435. The molecule has 32 heavy (non-hydrogen) atoms. The highest BCUT2D eigenvalue weighted by atomic mass is 19.4. The molecule has 1 saturated heterocycles. The molecule has 2 N–H and O–H groups in total. The zero-order valence-corrected chi connectivity index (χ0v) is 18.0. The minimum absolute atomic E-state index is 0.00820. The van der Waals surface area contributed by atoms with Crippen molar-refractivity contribution in [3.05, 3.63) is 65.2 Å². The zero-order chi connectivity index (χ0) is 23.4. The van der Waals surface area contributed by atoms with Crippen molar-refractivity contribution < 1.29 is 32.5 Å². The SMILES string of the molecule is CNC(=O)COc1ccc(CC(C)N2CCOC(O)(c3cccc(C(F)(F)F)c3)C2)cc1. The van der Waals surface area contributed by atoms with Crippen LogP contribution in [0.15, 0.2) is 48.5 Å². The number of alkyl halides is 3. The molecule has 6 nitrogen and oxygen atoms in total. The minimum Gasteiger partial charge on any atom is -0.484 e. The number of likely N-dealkylation sites (N-methyl/N-ethyl adjacent to an activating group) is 1. The Morgan fingerprint density at radius 2 is 2.00 bits per heavy atom. The number of benzene rings is 2. The van der Waals surface area contributed by atoms with E-state index in [9.17, 15) is 23.1 Å². The molecule has 0 radical (unpaired) electrons. The number of nitrogens with one attached hydrogen (secondary N) is 1. The number of rotatable bonds is 7. The molecule has 1 aliphatic heterocycles. The highest BCUT2D eigenvalue weighted by molar-refractivity contribution is 5.77. The van der Waals surface area contributed by atoms with Crippen molar-refractivity contribution in [2.45, 2.75) is 31.3 Å². The first-order valence-electron chi connectivity index (χ1n) is 10.3. The Balaban J connectivity index is 1.64. The fourth-order valence-electron chi connectivity index (χ4n) is 3.63. The number of carbonyl (C=O) groups excluding carboxylic acids is 1. The third-order valence-electron chi connectivity index (χ3n) is 5.50. The Labute approximate surface area is 184 Å². The van der Waals surface area contributed by atoms with Crippen molar-refractivity contribution >= 4 is 5.91 Å². The number of hydrogen-bond acceptors (Lipinski definition) is 5. The molecule has 0 spiro atoms. The van der Waals surface area contributed by atoms with Gasteiger partial charge in [-0.25, -0.2) is 0 Å². The quantitative estimate of drug-likeness (QED) is 0.676. The van der Waals surface area contributed by atoms with Crippen LogP contribution in [0.2, 0.25) is 0 Å². The number of ether oxygens (including phenoxy) is 2. The van der Waals surface area contributed by atoms with E-state index in [-0.39, 0.29) is 37.3 Å². The molecule has 0 aromatic heterocycles. The summed E-state index contributed by atoms with van der Waals surface area (Å²) in [6.07, 6.45) is -3.83. The van der Waals surface area contributed by atoms with Gasteiger partial charge in [0.15, 0.2) is 6.61 Å². The summed E-state index contributed by atoms with van der Waals surface area (Å²) < 4.78 is 50.2. The smallest absolute Gasteiger partial charge is 0.416 e. The van der Waals surface area contributed by atoms with Crippen molar-refractivity contribution in [1.82, 2.24) is 10.2 Å². The van der Waals surface area contributed by atoms with E-state index in [1.165, 1.54) is 19.2 Å². The van der Waals surface area contributed by atoms with Gasteiger partial charge in [0.25, 0.3) is 5.91 Å². The molecule has 0 saturated carbocycles. The summed E-state index contributed by atoms with van der Waals surface area (Å²) in [5, 5.41) is 13.5. The first-order chi connectivity index (χ1) is 15.1. The summed E-state index contributed by atoms with van der Waals surface area (Å²) >= 11 is 0. The lowest BCUT2D eigenvalue weighted by Gasteiger charge is -2.42. The number of morpholine rings is 1. The molecule has 1 fully saturated rings. The molecule has 1 amide bonds. The lowest BCUT2D eigenvalue weighted by Crippen LogP contribution is -2.53. The predicted molar refractivity (Wildman–Crippen MR) is 112 cm³/mol. The molecular formula is C23H27F3N2O4. The van der Waals surface area contributed by atoms with Gasteiger partial charge in [0.05, 0.1) is 18.7 Å².